The predicted molar refractivity (Wildman–Crippen MR) is 85.0 cm³/mol. The molecule has 20 heavy (non-hydrogen) atoms. The first kappa shape index (κ1) is 15.5. The molecule has 2 atom stereocenters. The zero-order valence-corrected chi connectivity index (χ0v) is 13.0. The van der Waals surface area contributed by atoms with Gasteiger partial charge in [-0.3, -0.25) is 0 Å². The highest BCUT2D eigenvalue weighted by Crippen LogP contribution is 2.36. The van der Waals surface area contributed by atoms with Gasteiger partial charge in [0.2, 0.25) is 0 Å². The minimum Gasteiger partial charge on any atom is -0.377 e. The topological polar surface area (TPSA) is 21.3 Å². The van der Waals surface area contributed by atoms with Gasteiger partial charge in [0.1, 0.15) is 0 Å². The van der Waals surface area contributed by atoms with Crippen LogP contribution >= 0.6 is 0 Å². The Labute approximate surface area is 123 Å². The molecule has 112 valence electrons. The van der Waals surface area contributed by atoms with Crippen LogP contribution < -0.4 is 5.32 Å². The Morgan fingerprint density at radius 1 is 1.20 bits per heavy atom. The molecule has 2 heteroatoms. The van der Waals surface area contributed by atoms with Crippen molar-refractivity contribution in [2.45, 2.75) is 58.1 Å². The lowest BCUT2D eigenvalue weighted by Gasteiger charge is -2.28. The summed E-state index contributed by atoms with van der Waals surface area (Å²) in [5.41, 5.74) is 1.45. The van der Waals surface area contributed by atoms with E-state index in [0.29, 0.717) is 12.1 Å². The fraction of sp³-hybridized carbons (Fsp3) is 0.667. The van der Waals surface area contributed by atoms with Gasteiger partial charge in [0, 0.05) is 12.6 Å². The summed E-state index contributed by atoms with van der Waals surface area (Å²) in [6, 6.07) is 11.3. The summed E-state index contributed by atoms with van der Waals surface area (Å²) in [6.07, 6.45) is 6.75. The number of aryl methyl sites for hydroxylation is 1. The van der Waals surface area contributed by atoms with Crippen molar-refractivity contribution in [1.82, 2.24) is 5.32 Å². The van der Waals surface area contributed by atoms with Gasteiger partial charge in [-0.25, -0.2) is 0 Å². The largest absolute Gasteiger partial charge is 0.377 e. The number of ether oxygens (including phenoxy) is 1. The van der Waals surface area contributed by atoms with Crippen LogP contribution in [0.5, 0.6) is 0 Å². The van der Waals surface area contributed by atoms with E-state index >= 15 is 0 Å². The molecule has 0 aromatic heterocycles. The average Bonchev–Trinajstić information content (AvgIpc) is 3.30. The van der Waals surface area contributed by atoms with E-state index < -0.39 is 0 Å². The van der Waals surface area contributed by atoms with Gasteiger partial charge in [-0.2, -0.15) is 0 Å². The summed E-state index contributed by atoms with van der Waals surface area (Å²) >= 11 is 0. The van der Waals surface area contributed by atoms with Crippen LogP contribution in [0.25, 0.3) is 0 Å². The fourth-order valence-electron chi connectivity index (χ4n) is 3.01. The van der Waals surface area contributed by atoms with E-state index in [1.54, 1.807) is 0 Å². The van der Waals surface area contributed by atoms with Gasteiger partial charge >= 0.3 is 0 Å². The van der Waals surface area contributed by atoms with Crippen LogP contribution in [0.3, 0.4) is 0 Å². The van der Waals surface area contributed by atoms with Crippen molar-refractivity contribution in [2.24, 2.45) is 5.92 Å². The SMILES string of the molecule is CCNC(CCCc1ccccc1)C(OCC)C1CC1. The Kier molecular flexibility index (Phi) is 6.55. The van der Waals surface area contributed by atoms with Crippen molar-refractivity contribution in [3.63, 3.8) is 0 Å². The van der Waals surface area contributed by atoms with Gasteiger partial charge in [-0.1, -0.05) is 37.3 Å². The van der Waals surface area contributed by atoms with Gasteiger partial charge in [-0.05, 0) is 57.1 Å². The number of hydrogen-bond donors (Lipinski definition) is 1. The molecule has 1 aromatic rings. The second-order valence-electron chi connectivity index (χ2n) is 5.80. The Morgan fingerprint density at radius 2 is 1.95 bits per heavy atom. The molecule has 0 amide bonds. The molecule has 1 fully saturated rings. The van der Waals surface area contributed by atoms with Crippen molar-refractivity contribution in [1.29, 1.82) is 0 Å². The first-order chi connectivity index (χ1) is 9.85. The summed E-state index contributed by atoms with van der Waals surface area (Å²) in [6.45, 7) is 6.18. The van der Waals surface area contributed by atoms with Crippen molar-refractivity contribution in [3.8, 4) is 0 Å². The summed E-state index contributed by atoms with van der Waals surface area (Å²) < 4.78 is 6.02. The zero-order valence-electron chi connectivity index (χ0n) is 13.0. The van der Waals surface area contributed by atoms with Gasteiger partial charge in [-0.15, -0.1) is 0 Å². The first-order valence-corrected chi connectivity index (χ1v) is 8.24. The summed E-state index contributed by atoms with van der Waals surface area (Å²) in [4.78, 5) is 0. The van der Waals surface area contributed by atoms with E-state index in [-0.39, 0.29) is 0 Å². The Balaban J connectivity index is 1.81. The van der Waals surface area contributed by atoms with Crippen molar-refractivity contribution in [3.05, 3.63) is 35.9 Å². The van der Waals surface area contributed by atoms with E-state index in [2.05, 4.69) is 49.5 Å². The standard InChI is InChI=1S/C18H29NO/c1-3-19-17(18(20-4-2)16-13-14-16)12-8-11-15-9-6-5-7-10-15/h5-7,9-10,16-19H,3-4,8,11-14H2,1-2H3. The molecule has 1 N–H and O–H groups in total. The third-order valence-electron chi connectivity index (χ3n) is 4.13. The van der Waals surface area contributed by atoms with Gasteiger partial charge in [0.05, 0.1) is 6.10 Å². The number of nitrogens with one attached hydrogen (secondary N) is 1. The molecule has 1 aliphatic rings. The lowest BCUT2D eigenvalue weighted by atomic mass is 9.98. The third kappa shape index (κ3) is 4.92. The molecule has 1 aromatic carbocycles. The minimum atomic E-state index is 0.427. The smallest absolute Gasteiger partial charge is 0.0755 e. The van der Waals surface area contributed by atoms with Crippen LogP contribution in [-0.2, 0) is 11.2 Å². The zero-order chi connectivity index (χ0) is 14.2. The van der Waals surface area contributed by atoms with Crippen LogP contribution in [0.2, 0.25) is 0 Å². The monoisotopic (exact) mass is 275 g/mol. The summed E-state index contributed by atoms with van der Waals surface area (Å²) in [7, 11) is 0. The maximum Gasteiger partial charge on any atom is 0.0755 e. The van der Waals surface area contributed by atoms with E-state index in [4.69, 9.17) is 4.74 Å². The van der Waals surface area contributed by atoms with Crippen LogP contribution in [-0.4, -0.2) is 25.3 Å². The number of rotatable bonds is 10. The number of hydrogen-bond acceptors (Lipinski definition) is 2. The molecule has 0 saturated heterocycles. The number of benzene rings is 1. The average molecular weight is 275 g/mol. The molecular weight excluding hydrogens is 246 g/mol. The molecule has 0 bridgehead atoms. The fourth-order valence-corrected chi connectivity index (χ4v) is 3.01. The Bertz CT molecular complexity index is 361. The quantitative estimate of drug-likeness (QED) is 0.701. The van der Waals surface area contributed by atoms with Crippen molar-refractivity contribution in [2.75, 3.05) is 13.2 Å². The molecule has 2 rings (SSSR count). The molecule has 0 radical (unpaired) electrons. The highest BCUT2D eigenvalue weighted by Gasteiger charge is 2.36. The molecule has 2 unspecified atom stereocenters. The molecule has 0 heterocycles. The molecule has 1 saturated carbocycles. The van der Waals surface area contributed by atoms with Gasteiger partial charge in [0.25, 0.3) is 0 Å². The third-order valence-corrected chi connectivity index (χ3v) is 4.13. The van der Waals surface area contributed by atoms with Crippen molar-refractivity contribution < 1.29 is 4.74 Å². The lowest BCUT2D eigenvalue weighted by molar-refractivity contribution is 0.0169. The predicted octanol–water partition coefficient (Wildman–Crippen LogP) is 3.80. The van der Waals surface area contributed by atoms with Crippen LogP contribution in [0.4, 0.5) is 0 Å². The minimum absolute atomic E-state index is 0.427. The Hall–Kier alpha value is -0.860. The van der Waals surface area contributed by atoms with E-state index in [1.807, 2.05) is 0 Å². The maximum absolute atomic E-state index is 6.02. The van der Waals surface area contributed by atoms with Crippen LogP contribution in [0.1, 0.15) is 45.1 Å². The summed E-state index contributed by atoms with van der Waals surface area (Å²) in [5.74, 6) is 0.802. The van der Waals surface area contributed by atoms with Crippen LogP contribution in [0, 0.1) is 5.92 Å². The second-order valence-corrected chi connectivity index (χ2v) is 5.80. The normalized spacial score (nSPS) is 17.9. The Morgan fingerprint density at radius 3 is 2.55 bits per heavy atom. The van der Waals surface area contributed by atoms with Crippen LogP contribution in [0.15, 0.2) is 30.3 Å². The molecule has 0 spiro atoms. The summed E-state index contributed by atoms with van der Waals surface area (Å²) in [5, 5.41) is 3.65. The molecule has 2 nitrogen and oxygen atoms in total. The molecule has 1 aliphatic carbocycles. The van der Waals surface area contributed by atoms with Crippen molar-refractivity contribution >= 4 is 0 Å². The second kappa shape index (κ2) is 8.43. The van der Waals surface area contributed by atoms with E-state index in [0.717, 1.165) is 19.1 Å². The van der Waals surface area contributed by atoms with E-state index in [9.17, 15) is 0 Å². The highest BCUT2D eigenvalue weighted by atomic mass is 16.5. The van der Waals surface area contributed by atoms with Gasteiger partial charge in [0.15, 0.2) is 0 Å². The van der Waals surface area contributed by atoms with Gasteiger partial charge < -0.3 is 10.1 Å². The highest BCUT2D eigenvalue weighted by molar-refractivity contribution is 5.14. The number of likely N-dealkylation sites (N-methyl/N-ethyl adjacent to an activating group) is 1. The first-order valence-electron chi connectivity index (χ1n) is 8.24. The lowest BCUT2D eigenvalue weighted by Crippen LogP contribution is -2.42. The van der Waals surface area contributed by atoms with E-state index in [1.165, 1.54) is 37.7 Å². The maximum atomic E-state index is 6.02. The molecule has 0 aliphatic heterocycles. The molecular formula is C18H29NO.